The van der Waals surface area contributed by atoms with E-state index in [1.807, 2.05) is 84.9 Å². The summed E-state index contributed by atoms with van der Waals surface area (Å²) in [6.07, 6.45) is 3.99. The van der Waals surface area contributed by atoms with Crippen LogP contribution in [0.4, 0.5) is 0 Å². The fourth-order valence-corrected chi connectivity index (χ4v) is 3.66. The van der Waals surface area contributed by atoms with Crippen molar-refractivity contribution >= 4 is 24.2 Å². The average molecular weight is 489 g/mol. The lowest BCUT2D eigenvalue weighted by Crippen LogP contribution is -2.20. The Kier molecular flexibility index (Phi) is 9.08. The largest absolute Gasteiger partial charge is 0.273 e. The van der Waals surface area contributed by atoms with E-state index in [-0.39, 0.29) is 24.7 Å². The second kappa shape index (κ2) is 13.3. The summed E-state index contributed by atoms with van der Waals surface area (Å²) in [5.74, 6) is -0.487. The number of hydrogen-bond donors (Lipinski definition) is 2. The van der Waals surface area contributed by atoms with Gasteiger partial charge in [0.2, 0.25) is 11.8 Å². The Labute approximate surface area is 216 Å². The predicted molar refractivity (Wildman–Crippen MR) is 149 cm³/mol. The molecule has 184 valence electrons. The topological polar surface area (TPSA) is 82.9 Å². The van der Waals surface area contributed by atoms with E-state index in [1.165, 1.54) is 0 Å². The van der Waals surface area contributed by atoms with Crippen LogP contribution in [-0.2, 0) is 9.59 Å². The highest BCUT2D eigenvalue weighted by atomic mass is 16.2. The second-order valence-electron chi connectivity index (χ2n) is 8.42. The maximum absolute atomic E-state index is 12.0. The molecular weight excluding hydrogens is 460 g/mol. The Hall–Kier alpha value is -4.84. The average Bonchev–Trinajstić information content (AvgIpc) is 2.95. The molecule has 4 aromatic rings. The molecule has 0 atom stereocenters. The molecule has 0 heterocycles. The van der Waals surface area contributed by atoms with Crippen molar-refractivity contribution in [2.75, 3.05) is 0 Å². The molecule has 0 aliphatic heterocycles. The van der Waals surface area contributed by atoms with Crippen LogP contribution in [0, 0.1) is 0 Å². The Morgan fingerprint density at radius 1 is 0.514 bits per heavy atom. The van der Waals surface area contributed by atoms with Gasteiger partial charge in [-0.1, -0.05) is 109 Å². The molecule has 2 amide bonds. The van der Waals surface area contributed by atoms with E-state index >= 15 is 0 Å². The summed E-state index contributed by atoms with van der Waals surface area (Å²) in [5, 5.41) is 8.00. The lowest BCUT2D eigenvalue weighted by Gasteiger charge is -2.03. The summed E-state index contributed by atoms with van der Waals surface area (Å²) in [4.78, 5) is 24.0. The zero-order chi connectivity index (χ0) is 25.7. The summed E-state index contributed by atoms with van der Waals surface area (Å²) in [5.41, 5.74) is 11.3. The van der Waals surface area contributed by atoms with Crippen molar-refractivity contribution < 1.29 is 9.59 Å². The lowest BCUT2D eigenvalue weighted by atomic mass is 10.0. The molecule has 0 unspecified atom stereocenters. The number of hydrogen-bond acceptors (Lipinski definition) is 4. The van der Waals surface area contributed by atoms with Crippen LogP contribution >= 0.6 is 0 Å². The van der Waals surface area contributed by atoms with Crippen LogP contribution in [0.25, 0.3) is 22.3 Å². The molecular formula is C31H28N4O2. The van der Waals surface area contributed by atoms with Gasteiger partial charge in [-0.2, -0.15) is 10.2 Å². The SMILES string of the molecule is O=C(CCCC(=O)N/N=C/c1ccc(-c2ccccc2)cc1)N/N=C/c1ccc(-c2ccccc2)cc1. The first-order valence-electron chi connectivity index (χ1n) is 12.1. The molecule has 0 bridgehead atoms. The summed E-state index contributed by atoms with van der Waals surface area (Å²) in [6, 6.07) is 36.0. The number of hydrazone groups is 2. The monoisotopic (exact) mass is 488 g/mol. The van der Waals surface area contributed by atoms with Crippen LogP contribution in [-0.4, -0.2) is 24.2 Å². The van der Waals surface area contributed by atoms with Gasteiger partial charge in [-0.25, -0.2) is 10.9 Å². The third-order valence-corrected chi connectivity index (χ3v) is 5.65. The molecule has 4 aromatic carbocycles. The fraction of sp³-hybridized carbons (Fsp3) is 0.0968. The van der Waals surface area contributed by atoms with Gasteiger partial charge in [-0.15, -0.1) is 0 Å². The van der Waals surface area contributed by atoms with E-state index in [0.29, 0.717) is 6.42 Å². The van der Waals surface area contributed by atoms with Gasteiger partial charge < -0.3 is 0 Å². The highest BCUT2D eigenvalue weighted by Gasteiger charge is 2.04. The lowest BCUT2D eigenvalue weighted by molar-refractivity contribution is -0.122. The summed E-state index contributed by atoms with van der Waals surface area (Å²) in [7, 11) is 0. The van der Waals surface area contributed by atoms with Crippen LogP contribution < -0.4 is 10.9 Å². The van der Waals surface area contributed by atoms with E-state index in [0.717, 1.165) is 33.4 Å². The van der Waals surface area contributed by atoms with Crippen molar-refractivity contribution in [2.24, 2.45) is 10.2 Å². The zero-order valence-electron chi connectivity index (χ0n) is 20.4. The number of carbonyl (C=O) groups is 2. The summed E-state index contributed by atoms with van der Waals surface area (Å²) >= 11 is 0. The molecule has 0 aliphatic carbocycles. The van der Waals surface area contributed by atoms with E-state index in [4.69, 9.17) is 0 Å². The van der Waals surface area contributed by atoms with Crippen LogP contribution in [0.15, 0.2) is 119 Å². The molecule has 0 aliphatic rings. The molecule has 6 nitrogen and oxygen atoms in total. The fourth-order valence-electron chi connectivity index (χ4n) is 3.66. The van der Waals surface area contributed by atoms with Crippen LogP contribution in [0.5, 0.6) is 0 Å². The maximum Gasteiger partial charge on any atom is 0.240 e. The molecule has 0 aromatic heterocycles. The minimum atomic E-state index is -0.244. The Morgan fingerprint density at radius 2 is 0.865 bits per heavy atom. The molecule has 0 radical (unpaired) electrons. The highest BCUT2D eigenvalue weighted by molar-refractivity contribution is 5.85. The van der Waals surface area contributed by atoms with Crippen molar-refractivity contribution in [1.82, 2.24) is 10.9 Å². The first-order chi connectivity index (χ1) is 18.2. The minimum Gasteiger partial charge on any atom is -0.273 e. The predicted octanol–water partition coefficient (Wildman–Crippen LogP) is 5.79. The van der Waals surface area contributed by atoms with Gasteiger partial charge in [-0.3, -0.25) is 9.59 Å². The van der Waals surface area contributed by atoms with E-state index in [2.05, 4.69) is 45.3 Å². The maximum atomic E-state index is 12.0. The van der Waals surface area contributed by atoms with Gasteiger partial charge in [0, 0.05) is 12.8 Å². The molecule has 6 heteroatoms. The zero-order valence-corrected chi connectivity index (χ0v) is 20.4. The van der Waals surface area contributed by atoms with Crippen molar-refractivity contribution in [3.05, 3.63) is 120 Å². The summed E-state index contributed by atoms with van der Waals surface area (Å²) in [6.45, 7) is 0. The summed E-state index contributed by atoms with van der Waals surface area (Å²) < 4.78 is 0. The van der Waals surface area contributed by atoms with Gasteiger partial charge in [0.15, 0.2) is 0 Å². The smallest absolute Gasteiger partial charge is 0.240 e. The molecule has 0 spiro atoms. The van der Waals surface area contributed by atoms with E-state index < -0.39 is 0 Å². The standard InChI is InChI=1S/C31H28N4O2/c36-30(34-32-22-24-14-18-28(19-15-24)26-8-3-1-4-9-26)12-7-13-31(37)35-33-23-25-16-20-29(21-17-25)27-10-5-2-6-11-27/h1-6,8-11,14-23H,7,12-13H2,(H,34,36)(H,35,37)/b32-22+,33-23+. The van der Waals surface area contributed by atoms with Gasteiger partial charge >= 0.3 is 0 Å². The number of benzene rings is 4. The van der Waals surface area contributed by atoms with Crippen LogP contribution in [0.2, 0.25) is 0 Å². The number of amides is 2. The van der Waals surface area contributed by atoms with Crippen LogP contribution in [0.3, 0.4) is 0 Å². The first-order valence-corrected chi connectivity index (χ1v) is 12.1. The minimum absolute atomic E-state index is 0.197. The number of rotatable bonds is 10. The first kappa shape index (κ1) is 25.3. The van der Waals surface area contributed by atoms with Gasteiger partial charge in [0.05, 0.1) is 12.4 Å². The Morgan fingerprint density at radius 3 is 1.24 bits per heavy atom. The highest BCUT2D eigenvalue weighted by Crippen LogP contribution is 2.19. The molecule has 37 heavy (non-hydrogen) atoms. The van der Waals surface area contributed by atoms with Gasteiger partial charge in [0.1, 0.15) is 0 Å². The molecule has 0 saturated heterocycles. The van der Waals surface area contributed by atoms with Crippen LogP contribution in [0.1, 0.15) is 30.4 Å². The number of nitrogens with zero attached hydrogens (tertiary/aromatic N) is 2. The third kappa shape index (κ3) is 8.11. The van der Waals surface area contributed by atoms with Gasteiger partial charge in [0.25, 0.3) is 0 Å². The van der Waals surface area contributed by atoms with Crippen molar-refractivity contribution in [2.45, 2.75) is 19.3 Å². The van der Waals surface area contributed by atoms with Gasteiger partial charge in [-0.05, 0) is 39.8 Å². The molecule has 2 N–H and O–H groups in total. The van der Waals surface area contributed by atoms with Crippen molar-refractivity contribution in [3.8, 4) is 22.3 Å². The number of carbonyl (C=O) groups excluding carboxylic acids is 2. The van der Waals surface area contributed by atoms with Crippen molar-refractivity contribution in [1.29, 1.82) is 0 Å². The number of nitrogens with one attached hydrogen (secondary N) is 2. The molecule has 0 fully saturated rings. The molecule has 4 rings (SSSR count). The quantitative estimate of drug-likeness (QED) is 0.219. The Balaban J connectivity index is 1.13. The molecule has 0 saturated carbocycles. The second-order valence-corrected chi connectivity index (χ2v) is 8.42. The van der Waals surface area contributed by atoms with E-state index in [1.54, 1.807) is 12.4 Å². The Bertz CT molecular complexity index is 1240. The van der Waals surface area contributed by atoms with Crippen molar-refractivity contribution in [3.63, 3.8) is 0 Å². The third-order valence-electron chi connectivity index (χ3n) is 5.65. The van der Waals surface area contributed by atoms with E-state index in [9.17, 15) is 9.59 Å². The normalized spacial score (nSPS) is 11.0.